The molecule has 1 unspecified atom stereocenters. The Labute approximate surface area is 137 Å². The maximum atomic E-state index is 12.9. The Morgan fingerprint density at radius 1 is 1.17 bits per heavy atom. The minimum absolute atomic E-state index is 0.0702. The molecule has 1 saturated carbocycles. The first-order valence-electron chi connectivity index (χ1n) is 8.30. The summed E-state index contributed by atoms with van der Waals surface area (Å²) in [6.45, 7) is 3.55. The number of carbonyl (C=O) groups excluding carboxylic acids is 2. The smallest absolute Gasteiger partial charge is 0.323 e. The molecule has 0 radical (unpaired) electrons. The number of amides is 2. The lowest BCUT2D eigenvalue weighted by atomic mass is 9.89. The number of hydroxylamine groups is 1. The van der Waals surface area contributed by atoms with E-state index in [-0.39, 0.29) is 30.8 Å². The van der Waals surface area contributed by atoms with Gasteiger partial charge in [0.25, 0.3) is 0 Å². The number of nitrogens with zero attached hydrogens (tertiary/aromatic N) is 1. The second kappa shape index (κ2) is 9.50. The van der Waals surface area contributed by atoms with Crippen LogP contribution < -0.4 is 5.48 Å². The van der Waals surface area contributed by atoms with Gasteiger partial charge in [0.05, 0.1) is 0 Å². The van der Waals surface area contributed by atoms with Gasteiger partial charge in [-0.05, 0) is 25.2 Å². The molecular formula is C16H28N2O5. The summed E-state index contributed by atoms with van der Waals surface area (Å²) in [6, 6.07) is -0.0702. The molecule has 0 aromatic carbocycles. The van der Waals surface area contributed by atoms with Gasteiger partial charge in [0.15, 0.2) is 0 Å². The molecular weight excluding hydrogens is 300 g/mol. The Morgan fingerprint density at radius 2 is 1.78 bits per heavy atom. The average molecular weight is 328 g/mol. The van der Waals surface area contributed by atoms with Gasteiger partial charge in [0, 0.05) is 18.4 Å². The van der Waals surface area contributed by atoms with Crippen LogP contribution in [0.2, 0.25) is 0 Å². The molecule has 0 bridgehead atoms. The molecule has 3 N–H and O–H groups in total. The number of carboxylic acids is 1. The molecule has 23 heavy (non-hydrogen) atoms. The average Bonchev–Trinajstić information content (AvgIpc) is 2.51. The lowest BCUT2D eigenvalue weighted by molar-refractivity contribution is -0.150. The second-order valence-electron chi connectivity index (χ2n) is 6.72. The standard InChI is InChI=1S/C16H28N2O5/c1-11(2)8-12(9-14(19)17-23)16(22)18(10-15(20)21)13-6-4-3-5-7-13/h11-13,23H,3-10H2,1-2H3,(H,17,19)(H,20,21). The zero-order valence-electron chi connectivity index (χ0n) is 14.0. The van der Waals surface area contributed by atoms with Crippen LogP contribution in [0.5, 0.6) is 0 Å². The molecule has 0 spiro atoms. The fourth-order valence-electron chi connectivity index (χ4n) is 3.27. The van der Waals surface area contributed by atoms with E-state index in [2.05, 4.69) is 0 Å². The number of carbonyl (C=O) groups is 3. The number of carboxylic acid groups (broad SMARTS) is 1. The summed E-state index contributed by atoms with van der Waals surface area (Å²) >= 11 is 0. The van der Waals surface area contributed by atoms with Crippen molar-refractivity contribution in [1.82, 2.24) is 10.4 Å². The van der Waals surface area contributed by atoms with E-state index in [4.69, 9.17) is 10.3 Å². The second-order valence-corrected chi connectivity index (χ2v) is 6.72. The molecule has 0 saturated heterocycles. The topological polar surface area (TPSA) is 107 Å². The number of rotatable bonds is 8. The zero-order valence-corrected chi connectivity index (χ0v) is 14.0. The van der Waals surface area contributed by atoms with Crippen LogP contribution in [-0.4, -0.2) is 45.6 Å². The number of aliphatic carboxylic acids is 1. The Morgan fingerprint density at radius 3 is 2.26 bits per heavy atom. The third-order valence-electron chi connectivity index (χ3n) is 4.27. The van der Waals surface area contributed by atoms with E-state index in [1.807, 2.05) is 13.8 Å². The van der Waals surface area contributed by atoms with Crippen LogP contribution in [0.3, 0.4) is 0 Å². The predicted molar refractivity (Wildman–Crippen MR) is 83.7 cm³/mol. The van der Waals surface area contributed by atoms with Crippen molar-refractivity contribution >= 4 is 17.8 Å². The van der Waals surface area contributed by atoms with Gasteiger partial charge in [-0.25, -0.2) is 5.48 Å². The first-order valence-corrected chi connectivity index (χ1v) is 8.30. The van der Waals surface area contributed by atoms with Crippen LogP contribution >= 0.6 is 0 Å². The molecule has 1 aliphatic rings. The predicted octanol–water partition coefficient (Wildman–Crippen LogP) is 1.79. The van der Waals surface area contributed by atoms with Crippen molar-refractivity contribution < 1.29 is 24.7 Å². The molecule has 1 atom stereocenters. The highest BCUT2D eigenvalue weighted by molar-refractivity contribution is 5.87. The summed E-state index contributed by atoms with van der Waals surface area (Å²) in [5.74, 6) is -2.38. The maximum absolute atomic E-state index is 12.9. The van der Waals surface area contributed by atoms with E-state index in [1.165, 1.54) is 4.90 Å². The highest BCUT2D eigenvalue weighted by Gasteiger charge is 2.33. The third-order valence-corrected chi connectivity index (χ3v) is 4.27. The molecule has 1 fully saturated rings. The van der Waals surface area contributed by atoms with Gasteiger partial charge in [0.1, 0.15) is 6.54 Å². The van der Waals surface area contributed by atoms with Gasteiger partial charge in [-0.2, -0.15) is 0 Å². The molecule has 0 heterocycles. The van der Waals surface area contributed by atoms with E-state index < -0.39 is 17.8 Å². The van der Waals surface area contributed by atoms with Crippen molar-refractivity contribution in [3.63, 3.8) is 0 Å². The van der Waals surface area contributed by atoms with Crippen LogP contribution in [0.1, 0.15) is 58.8 Å². The minimum Gasteiger partial charge on any atom is -0.480 e. The SMILES string of the molecule is CC(C)CC(CC(=O)NO)C(=O)N(CC(=O)O)C1CCCCC1. The van der Waals surface area contributed by atoms with Crippen LogP contribution in [0.15, 0.2) is 0 Å². The van der Waals surface area contributed by atoms with Gasteiger partial charge >= 0.3 is 5.97 Å². The molecule has 0 aromatic heterocycles. The lowest BCUT2D eigenvalue weighted by Crippen LogP contribution is -2.48. The van der Waals surface area contributed by atoms with E-state index in [1.54, 1.807) is 5.48 Å². The van der Waals surface area contributed by atoms with Crippen LogP contribution in [0.4, 0.5) is 0 Å². The van der Waals surface area contributed by atoms with Crippen LogP contribution in [-0.2, 0) is 14.4 Å². The molecule has 1 aliphatic carbocycles. The minimum atomic E-state index is -1.04. The van der Waals surface area contributed by atoms with Crippen molar-refractivity contribution in [1.29, 1.82) is 0 Å². The molecule has 0 aromatic rings. The third kappa shape index (κ3) is 6.56. The molecule has 2 amide bonds. The van der Waals surface area contributed by atoms with Gasteiger partial charge in [-0.15, -0.1) is 0 Å². The Kier molecular flexibility index (Phi) is 8.02. The Balaban J connectivity index is 2.91. The van der Waals surface area contributed by atoms with Gasteiger partial charge < -0.3 is 10.0 Å². The lowest BCUT2D eigenvalue weighted by Gasteiger charge is -2.35. The molecule has 0 aliphatic heterocycles. The summed E-state index contributed by atoms with van der Waals surface area (Å²) in [4.78, 5) is 36.9. The van der Waals surface area contributed by atoms with Crippen molar-refractivity contribution in [2.24, 2.45) is 11.8 Å². The quantitative estimate of drug-likeness (QED) is 0.465. The summed E-state index contributed by atoms with van der Waals surface area (Å²) < 4.78 is 0. The molecule has 7 nitrogen and oxygen atoms in total. The van der Waals surface area contributed by atoms with Crippen LogP contribution in [0, 0.1) is 11.8 Å². The number of hydrogen-bond acceptors (Lipinski definition) is 4. The number of nitrogens with one attached hydrogen (secondary N) is 1. The fourth-order valence-corrected chi connectivity index (χ4v) is 3.27. The van der Waals surface area contributed by atoms with Crippen molar-refractivity contribution in [2.75, 3.05) is 6.54 Å². The van der Waals surface area contributed by atoms with Crippen molar-refractivity contribution in [3.05, 3.63) is 0 Å². The Bertz CT molecular complexity index is 419. The summed E-state index contributed by atoms with van der Waals surface area (Å²) in [5, 5.41) is 17.9. The first kappa shape index (κ1) is 19.4. The van der Waals surface area contributed by atoms with Gasteiger partial charge in [0.2, 0.25) is 11.8 Å². The molecule has 132 valence electrons. The fraction of sp³-hybridized carbons (Fsp3) is 0.812. The van der Waals surface area contributed by atoms with E-state index in [0.29, 0.717) is 6.42 Å². The summed E-state index contributed by atoms with van der Waals surface area (Å²) in [6.07, 6.45) is 5.04. The van der Waals surface area contributed by atoms with Gasteiger partial charge in [-0.1, -0.05) is 33.1 Å². The largest absolute Gasteiger partial charge is 0.480 e. The molecule has 7 heteroatoms. The van der Waals surface area contributed by atoms with E-state index in [9.17, 15) is 14.4 Å². The summed E-state index contributed by atoms with van der Waals surface area (Å²) in [7, 11) is 0. The Hall–Kier alpha value is -1.63. The molecule has 1 rings (SSSR count). The van der Waals surface area contributed by atoms with Crippen molar-refractivity contribution in [2.45, 2.75) is 64.8 Å². The first-order chi connectivity index (χ1) is 10.8. The normalized spacial score (nSPS) is 16.9. The van der Waals surface area contributed by atoms with Crippen molar-refractivity contribution in [3.8, 4) is 0 Å². The number of hydrogen-bond donors (Lipinski definition) is 3. The maximum Gasteiger partial charge on any atom is 0.323 e. The zero-order chi connectivity index (χ0) is 17.4. The summed E-state index contributed by atoms with van der Waals surface area (Å²) in [5.41, 5.74) is 1.56. The van der Waals surface area contributed by atoms with Gasteiger partial charge in [-0.3, -0.25) is 19.6 Å². The van der Waals surface area contributed by atoms with E-state index >= 15 is 0 Å². The monoisotopic (exact) mass is 328 g/mol. The van der Waals surface area contributed by atoms with Crippen LogP contribution in [0.25, 0.3) is 0 Å². The van der Waals surface area contributed by atoms with E-state index in [0.717, 1.165) is 32.1 Å². The highest BCUT2D eigenvalue weighted by Crippen LogP contribution is 2.26. The highest BCUT2D eigenvalue weighted by atomic mass is 16.5.